The molecule has 1 aromatic heterocycles. The number of rotatable bonds is 3. The lowest BCUT2D eigenvalue weighted by Crippen LogP contribution is -2.45. The molecule has 4 nitrogen and oxygen atoms in total. The Kier molecular flexibility index (Phi) is 3.68. The highest BCUT2D eigenvalue weighted by Crippen LogP contribution is 2.40. The standard InChI is InChI=1S/C13H20N2O2S2/c14-9-11-6-7-13(18-11)19(16,17)15-8-2-4-10-3-1-5-12(10)15/h6-7,10,12H,1-5,8-9,14H2. The fourth-order valence-corrected chi connectivity index (χ4v) is 6.55. The van der Waals surface area contributed by atoms with Gasteiger partial charge in [0.05, 0.1) is 0 Å². The van der Waals surface area contributed by atoms with Gasteiger partial charge in [-0.1, -0.05) is 6.42 Å². The summed E-state index contributed by atoms with van der Waals surface area (Å²) in [7, 11) is -3.31. The molecule has 1 aliphatic carbocycles. The van der Waals surface area contributed by atoms with Crippen LogP contribution in [0.5, 0.6) is 0 Å². The number of fused-ring (bicyclic) bond motifs is 1. The Balaban J connectivity index is 1.90. The molecular formula is C13H20N2O2S2. The van der Waals surface area contributed by atoms with Crippen LogP contribution in [0, 0.1) is 5.92 Å². The lowest BCUT2D eigenvalue weighted by molar-refractivity contribution is 0.202. The maximum atomic E-state index is 12.8. The molecule has 2 atom stereocenters. The van der Waals surface area contributed by atoms with Gasteiger partial charge in [-0.05, 0) is 43.7 Å². The van der Waals surface area contributed by atoms with Crippen molar-refractivity contribution in [2.45, 2.75) is 48.9 Å². The SMILES string of the molecule is NCc1ccc(S(=O)(=O)N2CCCC3CCCC32)s1. The van der Waals surface area contributed by atoms with E-state index < -0.39 is 10.0 Å². The molecule has 0 radical (unpaired) electrons. The number of hydrogen-bond acceptors (Lipinski definition) is 4. The summed E-state index contributed by atoms with van der Waals surface area (Å²) < 4.78 is 27.7. The van der Waals surface area contributed by atoms with Crippen molar-refractivity contribution in [2.24, 2.45) is 11.7 Å². The first-order valence-electron chi connectivity index (χ1n) is 6.93. The lowest BCUT2D eigenvalue weighted by Gasteiger charge is -2.36. The van der Waals surface area contributed by atoms with Crippen molar-refractivity contribution in [3.05, 3.63) is 17.0 Å². The number of hydrogen-bond donors (Lipinski definition) is 1. The third-order valence-electron chi connectivity index (χ3n) is 4.34. The molecule has 2 N–H and O–H groups in total. The predicted octanol–water partition coefficient (Wildman–Crippen LogP) is 2.16. The Morgan fingerprint density at radius 2 is 2.05 bits per heavy atom. The highest BCUT2D eigenvalue weighted by atomic mass is 32.2. The van der Waals surface area contributed by atoms with Crippen molar-refractivity contribution in [3.8, 4) is 0 Å². The van der Waals surface area contributed by atoms with Gasteiger partial charge in [0.15, 0.2) is 0 Å². The molecule has 2 heterocycles. The van der Waals surface area contributed by atoms with Crippen molar-refractivity contribution in [3.63, 3.8) is 0 Å². The van der Waals surface area contributed by atoms with Gasteiger partial charge in [0.1, 0.15) is 4.21 Å². The van der Waals surface area contributed by atoms with E-state index >= 15 is 0 Å². The van der Waals surface area contributed by atoms with E-state index in [2.05, 4.69) is 0 Å². The molecule has 19 heavy (non-hydrogen) atoms. The number of sulfonamides is 1. The van der Waals surface area contributed by atoms with E-state index in [1.165, 1.54) is 30.6 Å². The van der Waals surface area contributed by atoms with Gasteiger partial charge < -0.3 is 5.73 Å². The van der Waals surface area contributed by atoms with Crippen LogP contribution < -0.4 is 5.73 Å². The second kappa shape index (κ2) is 5.16. The third-order valence-corrected chi connectivity index (χ3v) is 7.84. The summed E-state index contributed by atoms with van der Waals surface area (Å²) in [6, 6.07) is 3.77. The molecule has 106 valence electrons. The summed E-state index contributed by atoms with van der Waals surface area (Å²) in [5.41, 5.74) is 5.57. The first-order chi connectivity index (χ1) is 9.13. The van der Waals surface area contributed by atoms with Gasteiger partial charge in [-0.3, -0.25) is 0 Å². The van der Waals surface area contributed by atoms with Crippen LogP contribution in [0.2, 0.25) is 0 Å². The molecule has 2 fully saturated rings. The van der Waals surface area contributed by atoms with E-state index in [1.54, 1.807) is 10.4 Å². The minimum Gasteiger partial charge on any atom is -0.326 e. The van der Waals surface area contributed by atoms with E-state index in [0.29, 0.717) is 23.2 Å². The highest BCUT2D eigenvalue weighted by Gasteiger charge is 2.41. The van der Waals surface area contributed by atoms with Crippen molar-refractivity contribution < 1.29 is 8.42 Å². The topological polar surface area (TPSA) is 63.4 Å². The molecule has 1 saturated carbocycles. The van der Waals surface area contributed by atoms with Crippen LogP contribution in [0.25, 0.3) is 0 Å². The Morgan fingerprint density at radius 1 is 1.26 bits per heavy atom. The molecule has 2 unspecified atom stereocenters. The predicted molar refractivity (Wildman–Crippen MR) is 76.5 cm³/mol. The van der Waals surface area contributed by atoms with Gasteiger partial charge in [-0.2, -0.15) is 4.31 Å². The Bertz CT molecular complexity index is 553. The van der Waals surface area contributed by atoms with Gasteiger partial charge in [0.25, 0.3) is 10.0 Å². The summed E-state index contributed by atoms with van der Waals surface area (Å²) in [5, 5.41) is 0. The zero-order valence-electron chi connectivity index (χ0n) is 10.9. The highest BCUT2D eigenvalue weighted by molar-refractivity contribution is 7.91. The van der Waals surface area contributed by atoms with Crippen LogP contribution in [0.15, 0.2) is 16.3 Å². The largest absolute Gasteiger partial charge is 0.326 e. The van der Waals surface area contributed by atoms with Gasteiger partial charge in [0, 0.05) is 24.0 Å². The van der Waals surface area contributed by atoms with Crippen LogP contribution in [-0.2, 0) is 16.6 Å². The van der Waals surface area contributed by atoms with Crippen LogP contribution in [0.3, 0.4) is 0 Å². The van der Waals surface area contributed by atoms with Crippen molar-refractivity contribution in [2.75, 3.05) is 6.54 Å². The minimum atomic E-state index is -3.31. The maximum Gasteiger partial charge on any atom is 0.252 e. The summed E-state index contributed by atoms with van der Waals surface area (Å²) in [6.45, 7) is 1.09. The number of nitrogens with two attached hydrogens (primary N) is 1. The molecule has 0 aromatic carbocycles. The third kappa shape index (κ3) is 2.35. The Morgan fingerprint density at radius 3 is 2.79 bits per heavy atom. The summed E-state index contributed by atoms with van der Waals surface area (Å²) in [6.07, 6.45) is 5.57. The first-order valence-corrected chi connectivity index (χ1v) is 9.19. The molecule has 6 heteroatoms. The van der Waals surface area contributed by atoms with Gasteiger partial charge in [-0.15, -0.1) is 11.3 Å². The second-order valence-corrected chi connectivity index (χ2v) is 8.73. The van der Waals surface area contributed by atoms with Gasteiger partial charge >= 0.3 is 0 Å². The smallest absolute Gasteiger partial charge is 0.252 e. The minimum absolute atomic E-state index is 0.238. The molecule has 0 bridgehead atoms. The van der Waals surface area contributed by atoms with Gasteiger partial charge in [-0.25, -0.2) is 8.42 Å². The quantitative estimate of drug-likeness (QED) is 0.930. The average Bonchev–Trinajstić information content (AvgIpc) is 3.06. The van der Waals surface area contributed by atoms with E-state index in [9.17, 15) is 8.42 Å². The molecule has 1 aliphatic heterocycles. The molecule has 2 aliphatic rings. The van der Waals surface area contributed by atoms with Crippen LogP contribution in [-0.4, -0.2) is 25.3 Å². The molecule has 0 spiro atoms. The fourth-order valence-electron chi connectivity index (χ4n) is 3.43. The lowest BCUT2D eigenvalue weighted by atomic mass is 9.94. The molecule has 3 rings (SSSR count). The number of nitrogens with zero attached hydrogens (tertiary/aromatic N) is 1. The molecule has 1 saturated heterocycles. The zero-order valence-corrected chi connectivity index (χ0v) is 12.5. The van der Waals surface area contributed by atoms with Crippen molar-refractivity contribution >= 4 is 21.4 Å². The van der Waals surface area contributed by atoms with E-state index in [1.807, 2.05) is 6.07 Å². The number of thiophene rings is 1. The molecular weight excluding hydrogens is 280 g/mol. The van der Waals surface area contributed by atoms with E-state index in [4.69, 9.17) is 5.73 Å². The zero-order chi connectivity index (χ0) is 13.5. The number of piperidine rings is 1. The average molecular weight is 300 g/mol. The second-order valence-electron chi connectivity index (χ2n) is 5.44. The fraction of sp³-hybridized carbons (Fsp3) is 0.692. The van der Waals surface area contributed by atoms with Crippen LogP contribution in [0.4, 0.5) is 0 Å². The van der Waals surface area contributed by atoms with Crippen LogP contribution >= 0.6 is 11.3 Å². The summed E-state index contributed by atoms with van der Waals surface area (Å²) in [5.74, 6) is 0.581. The maximum absolute atomic E-state index is 12.8. The monoisotopic (exact) mass is 300 g/mol. The normalized spacial score (nSPS) is 28.5. The molecule has 0 amide bonds. The van der Waals surface area contributed by atoms with Crippen LogP contribution in [0.1, 0.15) is 37.0 Å². The Hall–Kier alpha value is -0.430. The summed E-state index contributed by atoms with van der Waals surface area (Å²) >= 11 is 1.31. The Labute approximate surface area is 118 Å². The van der Waals surface area contributed by atoms with E-state index in [0.717, 1.165) is 17.7 Å². The van der Waals surface area contributed by atoms with Crippen molar-refractivity contribution in [1.29, 1.82) is 0 Å². The summed E-state index contributed by atoms with van der Waals surface area (Å²) in [4.78, 5) is 0.929. The first kappa shape index (κ1) is 13.5. The van der Waals surface area contributed by atoms with Crippen molar-refractivity contribution in [1.82, 2.24) is 4.31 Å². The van der Waals surface area contributed by atoms with Gasteiger partial charge in [0.2, 0.25) is 0 Å². The molecule has 1 aromatic rings. The van der Waals surface area contributed by atoms with E-state index in [-0.39, 0.29) is 6.04 Å².